The summed E-state index contributed by atoms with van der Waals surface area (Å²) in [6.07, 6.45) is 6.08. The van der Waals surface area contributed by atoms with E-state index in [1.807, 2.05) is 36.5 Å². The normalized spacial score (nSPS) is 16.4. The first kappa shape index (κ1) is 19.6. The van der Waals surface area contributed by atoms with Gasteiger partial charge in [-0.25, -0.2) is 9.97 Å². The van der Waals surface area contributed by atoms with E-state index in [0.717, 1.165) is 33.7 Å². The Morgan fingerprint density at radius 2 is 2.19 bits per heavy atom. The van der Waals surface area contributed by atoms with Crippen LogP contribution in [0.5, 0.6) is 0 Å². The van der Waals surface area contributed by atoms with E-state index in [2.05, 4.69) is 47.0 Å². The topological polar surface area (TPSA) is 94.5 Å². The molecule has 7 nitrogen and oxygen atoms in total. The molecule has 1 atom stereocenters. The quantitative estimate of drug-likeness (QED) is 0.442. The van der Waals surface area contributed by atoms with Gasteiger partial charge in [0.15, 0.2) is 5.82 Å². The molecule has 27 heavy (non-hydrogen) atoms. The van der Waals surface area contributed by atoms with E-state index >= 15 is 0 Å². The van der Waals surface area contributed by atoms with E-state index in [4.69, 9.17) is 5.73 Å². The van der Waals surface area contributed by atoms with Gasteiger partial charge in [-0.1, -0.05) is 30.3 Å². The lowest BCUT2D eigenvalue weighted by Crippen LogP contribution is -2.29. The van der Waals surface area contributed by atoms with E-state index in [0.29, 0.717) is 24.8 Å². The second-order valence-corrected chi connectivity index (χ2v) is 7.25. The summed E-state index contributed by atoms with van der Waals surface area (Å²) >= 11 is 2.23. The third-order valence-corrected chi connectivity index (χ3v) is 5.14. The van der Waals surface area contributed by atoms with E-state index in [9.17, 15) is 4.79 Å². The second-order valence-electron chi connectivity index (χ2n) is 6.23. The molecule has 1 aliphatic rings. The highest BCUT2D eigenvalue weighted by Gasteiger charge is 2.22. The van der Waals surface area contributed by atoms with Crippen LogP contribution in [-0.2, 0) is 16.1 Å². The van der Waals surface area contributed by atoms with Crippen LogP contribution < -0.4 is 11.1 Å². The summed E-state index contributed by atoms with van der Waals surface area (Å²) in [5.74, 6) is 2.13. The van der Waals surface area contributed by atoms with Crippen molar-refractivity contribution in [2.75, 3.05) is 18.8 Å². The van der Waals surface area contributed by atoms with Crippen molar-refractivity contribution in [1.29, 1.82) is 0 Å². The van der Waals surface area contributed by atoms with Crippen LogP contribution in [0, 0.1) is 3.70 Å². The maximum atomic E-state index is 9.76. The number of fused-ring (bicyclic) bond motifs is 1. The van der Waals surface area contributed by atoms with Gasteiger partial charge in [-0.15, -0.1) is 0 Å². The minimum Gasteiger partial charge on any atom is -0.463 e. The number of ether oxygens (including phenoxy) is 1. The number of aromatic nitrogens is 3. The van der Waals surface area contributed by atoms with Gasteiger partial charge in [-0.3, -0.25) is 9.20 Å². The molecule has 1 aromatic carbocycles. The Labute approximate surface area is 171 Å². The SMILES string of the molecule is Nc1nccn2c(C3CCCNC3)nc(I)c12.O=COCc1ccccc1. The number of carbonyl (C=O) groups is 1. The largest absolute Gasteiger partial charge is 0.463 e. The highest BCUT2D eigenvalue weighted by molar-refractivity contribution is 14.1. The van der Waals surface area contributed by atoms with Crippen LogP contribution in [0.4, 0.5) is 5.82 Å². The van der Waals surface area contributed by atoms with Crippen LogP contribution in [0.1, 0.15) is 30.1 Å². The third kappa shape index (κ3) is 4.95. The van der Waals surface area contributed by atoms with Crippen LogP contribution in [0.2, 0.25) is 0 Å². The first-order chi connectivity index (χ1) is 13.2. The Hall–Kier alpha value is -2.20. The first-order valence-corrected chi connectivity index (χ1v) is 9.86. The fourth-order valence-corrected chi connectivity index (χ4v) is 3.89. The predicted molar refractivity (Wildman–Crippen MR) is 112 cm³/mol. The molecule has 0 aliphatic carbocycles. The maximum absolute atomic E-state index is 9.76. The molecule has 3 heterocycles. The van der Waals surface area contributed by atoms with Gasteiger partial charge < -0.3 is 15.8 Å². The standard InChI is InChI=1S/C11H14IN5.C8H8O2/c12-9-8-10(13)15-4-5-17(8)11(16-9)7-2-1-3-14-6-7;9-7-10-6-8-4-2-1-3-5-8/h4-5,7,14H,1-3,6H2,(H2,13,15);1-5,7H,6H2. The van der Waals surface area contributed by atoms with Crippen LogP contribution in [-0.4, -0.2) is 33.9 Å². The lowest BCUT2D eigenvalue weighted by Gasteiger charge is -2.21. The zero-order valence-corrected chi connectivity index (χ0v) is 17.0. The highest BCUT2D eigenvalue weighted by Crippen LogP contribution is 2.27. The Bertz CT molecular complexity index is 878. The molecule has 2 aromatic heterocycles. The van der Waals surface area contributed by atoms with Gasteiger partial charge in [0.05, 0.1) is 0 Å². The van der Waals surface area contributed by atoms with Crippen molar-refractivity contribution < 1.29 is 9.53 Å². The summed E-state index contributed by atoms with van der Waals surface area (Å²) < 4.78 is 7.56. The first-order valence-electron chi connectivity index (χ1n) is 8.78. The average Bonchev–Trinajstić information content (AvgIpc) is 3.06. The van der Waals surface area contributed by atoms with Crippen LogP contribution in [0.25, 0.3) is 5.52 Å². The van der Waals surface area contributed by atoms with Crippen molar-refractivity contribution in [2.24, 2.45) is 0 Å². The summed E-state index contributed by atoms with van der Waals surface area (Å²) in [5.41, 5.74) is 7.86. The summed E-state index contributed by atoms with van der Waals surface area (Å²) in [6.45, 7) is 2.93. The van der Waals surface area contributed by atoms with E-state index in [1.54, 1.807) is 6.20 Å². The number of nitrogens with two attached hydrogens (primary N) is 1. The molecule has 3 aromatic rings. The molecule has 1 fully saturated rings. The zero-order valence-electron chi connectivity index (χ0n) is 14.8. The molecule has 3 N–H and O–H groups in total. The summed E-state index contributed by atoms with van der Waals surface area (Å²) in [5, 5.41) is 3.42. The molecular formula is C19H22IN5O2. The van der Waals surface area contributed by atoms with E-state index < -0.39 is 0 Å². The molecule has 0 amide bonds. The van der Waals surface area contributed by atoms with Gasteiger partial charge in [-0.2, -0.15) is 0 Å². The summed E-state index contributed by atoms with van der Waals surface area (Å²) in [7, 11) is 0. The number of carbonyl (C=O) groups excluding carboxylic acids is 1. The number of nitrogen functional groups attached to an aromatic ring is 1. The maximum Gasteiger partial charge on any atom is 0.293 e. The number of nitrogens with zero attached hydrogens (tertiary/aromatic N) is 3. The van der Waals surface area contributed by atoms with Crippen LogP contribution >= 0.6 is 22.6 Å². The average molecular weight is 479 g/mol. The lowest BCUT2D eigenvalue weighted by molar-refractivity contribution is -0.129. The Morgan fingerprint density at radius 3 is 2.89 bits per heavy atom. The Balaban J connectivity index is 0.000000180. The number of hydrogen-bond acceptors (Lipinski definition) is 6. The minimum atomic E-state index is 0.365. The van der Waals surface area contributed by atoms with Crippen molar-refractivity contribution in [1.82, 2.24) is 19.7 Å². The van der Waals surface area contributed by atoms with Gasteiger partial charge in [0, 0.05) is 24.9 Å². The number of piperidine rings is 1. The third-order valence-electron chi connectivity index (χ3n) is 4.39. The molecule has 1 saturated heterocycles. The molecule has 1 unspecified atom stereocenters. The minimum absolute atomic E-state index is 0.365. The molecule has 8 heteroatoms. The number of benzene rings is 1. The van der Waals surface area contributed by atoms with Crippen molar-refractivity contribution in [3.05, 3.63) is 57.8 Å². The number of rotatable bonds is 4. The van der Waals surface area contributed by atoms with Gasteiger partial charge in [-0.05, 0) is 47.5 Å². The van der Waals surface area contributed by atoms with Crippen molar-refractivity contribution >= 4 is 40.4 Å². The summed E-state index contributed by atoms with van der Waals surface area (Å²) in [6, 6.07) is 9.55. The summed E-state index contributed by atoms with van der Waals surface area (Å²) in [4.78, 5) is 18.5. The number of imidazole rings is 1. The number of nitrogens with one attached hydrogen (secondary N) is 1. The molecule has 0 bridgehead atoms. The Kier molecular flexibility index (Phi) is 6.99. The fourth-order valence-electron chi connectivity index (χ4n) is 3.11. The highest BCUT2D eigenvalue weighted by atomic mass is 127. The molecule has 1 aliphatic heterocycles. The molecule has 0 saturated carbocycles. The van der Waals surface area contributed by atoms with E-state index in [1.165, 1.54) is 12.8 Å². The van der Waals surface area contributed by atoms with Gasteiger partial charge in [0.25, 0.3) is 6.47 Å². The van der Waals surface area contributed by atoms with Crippen molar-refractivity contribution in [2.45, 2.75) is 25.4 Å². The van der Waals surface area contributed by atoms with Gasteiger partial charge in [0.1, 0.15) is 21.6 Å². The Morgan fingerprint density at radius 1 is 1.37 bits per heavy atom. The second kappa shape index (κ2) is 9.65. The fraction of sp³-hybridized carbons (Fsp3) is 0.316. The molecule has 142 valence electrons. The van der Waals surface area contributed by atoms with Crippen LogP contribution in [0.3, 0.4) is 0 Å². The zero-order chi connectivity index (χ0) is 19.1. The van der Waals surface area contributed by atoms with Crippen molar-refractivity contribution in [3.8, 4) is 0 Å². The molecule has 0 spiro atoms. The molecular weight excluding hydrogens is 457 g/mol. The lowest BCUT2D eigenvalue weighted by atomic mass is 9.99. The van der Waals surface area contributed by atoms with Crippen molar-refractivity contribution in [3.63, 3.8) is 0 Å². The van der Waals surface area contributed by atoms with Gasteiger partial charge in [0.2, 0.25) is 0 Å². The smallest absolute Gasteiger partial charge is 0.293 e. The molecule has 4 rings (SSSR count). The predicted octanol–water partition coefficient (Wildman–Crippen LogP) is 2.74. The number of anilines is 1. The number of hydrogen-bond donors (Lipinski definition) is 2. The van der Waals surface area contributed by atoms with Gasteiger partial charge >= 0.3 is 0 Å². The molecule has 0 radical (unpaired) electrons. The monoisotopic (exact) mass is 479 g/mol. The van der Waals surface area contributed by atoms with Crippen LogP contribution in [0.15, 0.2) is 42.7 Å². The van der Waals surface area contributed by atoms with E-state index in [-0.39, 0.29) is 0 Å². The number of halogens is 1.